The molecule has 0 unspecified atom stereocenters. The Balaban J connectivity index is 2.86. The van der Waals surface area contributed by atoms with Crippen LogP contribution in [0.25, 0.3) is 0 Å². The number of aryl methyl sites for hydroxylation is 2. The average molecular weight is 212 g/mol. The largest absolute Gasteiger partial charge is 0.325 e. The molecule has 0 aliphatic heterocycles. The Labute approximate surface area is 89.3 Å². The Morgan fingerprint density at radius 3 is 2.64 bits per heavy atom. The molecule has 0 saturated carbocycles. The molecule has 0 aliphatic carbocycles. The van der Waals surface area contributed by atoms with Crippen LogP contribution in [-0.4, -0.2) is 11.3 Å². The van der Waals surface area contributed by atoms with Crippen molar-refractivity contribution in [1.82, 2.24) is 0 Å². The van der Waals surface area contributed by atoms with Gasteiger partial charge in [-0.2, -0.15) is 0 Å². The van der Waals surface area contributed by atoms with Crippen molar-refractivity contribution in [3.05, 3.63) is 29.3 Å². The molecule has 0 aromatic heterocycles. The summed E-state index contributed by atoms with van der Waals surface area (Å²) in [5.41, 5.74) is 3.00. The molecule has 1 rings (SSSR count). The second-order valence-corrected chi connectivity index (χ2v) is 4.08. The maximum atomic E-state index is 11.3. The molecule has 76 valence electrons. The standard InChI is InChI=1S/C11H14ClNO/c1-7-4-5-8(2)10(6-7)13-11(14)9(3)12/h4-6,9H,1-3H3,(H,13,14)/t9-/m1/s1. The zero-order valence-corrected chi connectivity index (χ0v) is 9.35. The normalized spacial score (nSPS) is 12.3. The smallest absolute Gasteiger partial charge is 0.242 e. The first-order valence-corrected chi connectivity index (χ1v) is 4.96. The Bertz CT molecular complexity index is 347. The minimum atomic E-state index is -0.505. The fraction of sp³-hybridized carbons (Fsp3) is 0.364. The Morgan fingerprint density at radius 2 is 2.07 bits per heavy atom. The van der Waals surface area contributed by atoms with Crippen molar-refractivity contribution >= 4 is 23.2 Å². The van der Waals surface area contributed by atoms with Crippen molar-refractivity contribution < 1.29 is 4.79 Å². The second-order valence-electron chi connectivity index (χ2n) is 3.42. The number of hydrogen-bond acceptors (Lipinski definition) is 1. The third kappa shape index (κ3) is 2.74. The maximum absolute atomic E-state index is 11.3. The van der Waals surface area contributed by atoms with Gasteiger partial charge in [0.05, 0.1) is 0 Å². The summed E-state index contributed by atoms with van der Waals surface area (Å²) < 4.78 is 0. The highest BCUT2D eigenvalue weighted by molar-refractivity contribution is 6.32. The van der Waals surface area contributed by atoms with E-state index in [1.165, 1.54) is 0 Å². The minimum absolute atomic E-state index is 0.166. The van der Waals surface area contributed by atoms with Crippen LogP contribution in [0.5, 0.6) is 0 Å². The number of benzene rings is 1. The van der Waals surface area contributed by atoms with Gasteiger partial charge in [-0.05, 0) is 38.0 Å². The number of nitrogens with one attached hydrogen (secondary N) is 1. The van der Waals surface area contributed by atoms with Crippen LogP contribution in [0.3, 0.4) is 0 Å². The van der Waals surface area contributed by atoms with Gasteiger partial charge < -0.3 is 5.32 Å². The molecule has 0 spiro atoms. The zero-order valence-electron chi connectivity index (χ0n) is 8.60. The lowest BCUT2D eigenvalue weighted by atomic mass is 10.1. The Kier molecular flexibility index (Phi) is 3.53. The number of carbonyl (C=O) groups excluding carboxylic acids is 1. The summed E-state index contributed by atoms with van der Waals surface area (Å²) in [6.07, 6.45) is 0. The molecule has 1 N–H and O–H groups in total. The van der Waals surface area contributed by atoms with Crippen molar-refractivity contribution in [2.45, 2.75) is 26.1 Å². The number of halogens is 1. The van der Waals surface area contributed by atoms with E-state index in [2.05, 4.69) is 5.32 Å². The van der Waals surface area contributed by atoms with E-state index in [0.29, 0.717) is 0 Å². The molecule has 14 heavy (non-hydrogen) atoms. The second kappa shape index (κ2) is 4.47. The van der Waals surface area contributed by atoms with Crippen LogP contribution in [0.15, 0.2) is 18.2 Å². The van der Waals surface area contributed by atoms with Crippen molar-refractivity contribution in [3.8, 4) is 0 Å². The van der Waals surface area contributed by atoms with Gasteiger partial charge in [-0.3, -0.25) is 4.79 Å². The number of hydrogen-bond donors (Lipinski definition) is 1. The lowest BCUT2D eigenvalue weighted by Crippen LogP contribution is -2.20. The highest BCUT2D eigenvalue weighted by Gasteiger charge is 2.10. The summed E-state index contributed by atoms with van der Waals surface area (Å²) in [4.78, 5) is 11.3. The van der Waals surface area contributed by atoms with Crippen LogP contribution in [0, 0.1) is 13.8 Å². The molecule has 1 aromatic rings. The first-order chi connectivity index (χ1) is 6.50. The lowest BCUT2D eigenvalue weighted by molar-refractivity contribution is -0.115. The fourth-order valence-corrected chi connectivity index (χ4v) is 1.16. The van der Waals surface area contributed by atoms with Crippen LogP contribution < -0.4 is 5.32 Å². The van der Waals surface area contributed by atoms with Crippen molar-refractivity contribution in [2.75, 3.05) is 5.32 Å². The molecule has 0 radical (unpaired) electrons. The Hall–Kier alpha value is -1.02. The monoisotopic (exact) mass is 211 g/mol. The number of anilines is 1. The molecule has 1 amide bonds. The van der Waals surface area contributed by atoms with Crippen molar-refractivity contribution in [2.24, 2.45) is 0 Å². The molecular formula is C11H14ClNO. The summed E-state index contributed by atoms with van der Waals surface area (Å²) in [6.45, 7) is 5.59. The van der Waals surface area contributed by atoms with Gasteiger partial charge in [0.1, 0.15) is 5.38 Å². The molecule has 0 fully saturated rings. The highest BCUT2D eigenvalue weighted by atomic mass is 35.5. The molecule has 0 aliphatic rings. The van der Waals surface area contributed by atoms with Gasteiger partial charge in [-0.25, -0.2) is 0 Å². The number of amides is 1. The predicted molar refractivity (Wildman–Crippen MR) is 59.9 cm³/mol. The summed E-state index contributed by atoms with van der Waals surface area (Å²) in [6, 6.07) is 5.92. The summed E-state index contributed by atoms with van der Waals surface area (Å²) in [5, 5.41) is 2.27. The fourth-order valence-electron chi connectivity index (χ4n) is 1.10. The van der Waals surface area contributed by atoms with Crippen molar-refractivity contribution in [1.29, 1.82) is 0 Å². The van der Waals surface area contributed by atoms with Gasteiger partial charge in [-0.15, -0.1) is 11.6 Å². The summed E-state index contributed by atoms with van der Waals surface area (Å²) >= 11 is 5.66. The molecule has 3 heteroatoms. The molecule has 0 bridgehead atoms. The van der Waals surface area contributed by atoms with Gasteiger partial charge in [0.15, 0.2) is 0 Å². The molecule has 0 saturated heterocycles. The van der Waals surface area contributed by atoms with E-state index in [1.807, 2.05) is 32.0 Å². The third-order valence-corrected chi connectivity index (χ3v) is 2.21. The highest BCUT2D eigenvalue weighted by Crippen LogP contribution is 2.16. The first-order valence-electron chi connectivity index (χ1n) is 4.53. The van der Waals surface area contributed by atoms with Gasteiger partial charge in [0.2, 0.25) is 5.91 Å². The maximum Gasteiger partial charge on any atom is 0.242 e. The molecule has 0 heterocycles. The van der Waals surface area contributed by atoms with Crippen LogP contribution in [0.2, 0.25) is 0 Å². The zero-order chi connectivity index (χ0) is 10.7. The molecular weight excluding hydrogens is 198 g/mol. The van der Waals surface area contributed by atoms with Crippen LogP contribution >= 0.6 is 11.6 Å². The van der Waals surface area contributed by atoms with Gasteiger partial charge in [0, 0.05) is 5.69 Å². The third-order valence-electron chi connectivity index (χ3n) is 2.01. The molecule has 1 aromatic carbocycles. The lowest BCUT2D eigenvalue weighted by Gasteiger charge is -2.10. The van der Waals surface area contributed by atoms with E-state index in [1.54, 1.807) is 6.92 Å². The predicted octanol–water partition coefficient (Wildman–Crippen LogP) is 2.87. The van der Waals surface area contributed by atoms with Gasteiger partial charge in [-0.1, -0.05) is 12.1 Å². The molecule has 2 nitrogen and oxygen atoms in total. The molecule has 1 atom stereocenters. The SMILES string of the molecule is Cc1ccc(C)c(NC(=O)[C@@H](C)Cl)c1. The van der Waals surface area contributed by atoms with Crippen LogP contribution in [0.1, 0.15) is 18.1 Å². The van der Waals surface area contributed by atoms with E-state index >= 15 is 0 Å². The van der Waals surface area contributed by atoms with E-state index in [-0.39, 0.29) is 5.91 Å². The van der Waals surface area contributed by atoms with E-state index < -0.39 is 5.38 Å². The van der Waals surface area contributed by atoms with Gasteiger partial charge in [0.25, 0.3) is 0 Å². The first kappa shape index (κ1) is 11.1. The van der Waals surface area contributed by atoms with E-state index in [9.17, 15) is 4.79 Å². The number of rotatable bonds is 2. The number of alkyl halides is 1. The topological polar surface area (TPSA) is 29.1 Å². The summed E-state index contributed by atoms with van der Waals surface area (Å²) in [5.74, 6) is -0.166. The number of carbonyl (C=O) groups is 1. The van der Waals surface area contributed by atoms with Gasteiger partial charge >= 0.3 is 0 Å². The summed E-state index contributed by atoms with van der Waals surface area (Å²) in [7, 11) is 0. The van der Waals surface area contributed by atoms with Crippen LogP contribution in [-0.2, 0) is 4.79 Å². The minimum Gasteiger partial charge on any atom is -0.325 e. The Morgan fingerprint density at radius 1 is 1.43 bits per heavy atom. The van der Waals surface area contributed by atoms with E-state index in [0.717, 1.165) is 16.8 Å². The van der Waals surface area contributed by atoms with Crippen LogP contribution in [0.4, 0.5) is 5.69 Å². The average Bonchev–Trinajstić information content (AvgIpc) is 2.11. The van der Waals surface area contributed by atoms with E-state index in [4.69, 9.17) is 11.6 Å². The quantitative estimate of drug-likeness (QED) is 0.749. The van der Waals surface area contributed by atoms with Crippen molar-refractivity contribution in [3.63, 3.8) is 0 Å².